The van der Waals surface area contributed by atoms with Gasteiger partial charge in [-0.3, -0.25) is 9.52 Å². The monoisotopic (exact) mass is 503 g/mol. The summed E-state index contributed by atoms with van der Waals surface area (Å²) < 4.78 is 39.4. The van der Waals surface area contributed by atoms with Crippen LogP contribution in [-0.4, -0.2) is 44.7 Å². The minimum atomic E-state index is -3.99. The third-order valence-electron chi connectivity index (χ3n) is 5.45. The van der Waals surface area contributed by atoms with Crippen LogP contribution in [0, 0.1) is 12.8 Å². The standard InChI is InChI=1S/C23H25N3O6S2/c1-14-21(33-23(24-14)25-22(28)15-9-11-32-12-10-15)16-3-8-19(31-2)20(13-16)34(29,30)26-17-4-6-18(27)7-5-17/h3-8,13,15,26-27H,9-12H2,1-2H3,(H,24,25,28). The van der Waals surface area contributed by atoms with Crippen molar-refractivity contribution in [3.8, 4) is 21.9 Å². The number of carbonyl (C=O) groups excluding carboxylic acids is 1. The number of anilines is 2. The van der Waals surface area contributed by atoms with Gasteiger partial charge in [-0.2, -0.15) is 0 Å². The first-order chi connectivity index (χ1) is 16.3. The molecule has 3 N–H and O–H groups in total. The van der Waals surface area contributed by atoms with E-state index in [0.717, 1.165) is 4.88 Å². The number of sulfonamides is 1. The van der Waals surface area contributed by atoms with E-state index in [-0.39, 0.29) is 28.2 Å². The van der Waals surface area contributed by atoms with Gasteiger partial charge in [0.05, 0.1) is 17.7 Å². The molecule has 0 radical (unpaired) electrons. The molecule has 0 bridgehead atoms. The number of phenolic OH excluding ortho intramolecular Hbond substituents is 1. The molecule has 9 nitrogen and oxygen atoms in total. The van der Waals surface area contributed by atoms with Crippen molar-refractivity contribution in [2.24, 2.45) is 5.92 Å². The highest BCUT2D eigenvalue weighted by Crippen LogP contribution is 2.37. The SMILES string of the molecule is COc1ccc(-c2sc(NC(=O)C3CCOCC3)nc2C)cc1S(=O)(=O)Nc1ccc(O)cc1. The van der Waals surface area contributed by atoms with Gasteiger partial charge in [0.2, 0.25) is 5.91 Å². The molecule has 0 saturated carbocycles. The van der Waals surface area contributed by atoms with Gasteiger partial charge in [-0.15, -0.1) is 0 Å². The molecule has 180 valence electrons. The maximum absolute atomic E-state index is 13.1. The van der Waals surface area contributed by atoms with Crippen molar-refractivity contribution < 1.29 is 27.8 Å². The molecular weight excluding hydrogens is 478 g/mol. The molecule has 1 aromatic heterocycles. The van der Waals surface area contributed by atoms with Gasteiger partial charge in [-0.05, 0) is 67.8 Å². The molecule has 0 unspecified atom stereocenters. The molecule has 0 spiro atoms. The summed E-state index contributed by atoms with van der Waals surface area (Å²) >= 11 is 1.29. The van der Waals surface area contributed by atoms with Crippen molar-refractivity contribution in [1.29, 1.82) is 0 Å². The maximum Gasteiger partial charge on any atom is 0.265 e. The maximum atomic E-state index is 13.1. The number of aryl methyl sites for hydroxylation is 1. The summed E-state index contributed by atoms with van der Waals surface area (Å²) in [5.74, 6) is 0.0259. The van der Waals surface area contributed by atoms with Crippen LogP contribution in [0.1, 0.15) is 18.5 Å². The zero-order valence-corrected chi connectivity index (χ0v) is 20.3. The van der Waals surface area contributed by atoms with Gasteiger partial charge in [0.25, 0.3) is 10.0 Å². The number of hydrogen-bond acceptors (Lipinski definition) is 8. The lowest BCUT2D eigenvalue weighted by atomic mass is 10.00. The van der Waals surface area contributed by atoms with Crippen LogP contribution in [0.3, 0.4) is 0 Å². The number of nitrogens with zero attached hydrogens (tertiary/aromatic N) is 1. The lowest BCUT2D eigenvalue weighted by Gasteiger charge is -2.20. The quantitative estimate of drug-likeness (QED) is 0.416. The number of ether oxygens (including phenoxy) is 2. The first-order valence-corrected chi connectivity index (χ1v) is 12.9. The van der Waals surface area contributed by atoms with Gasteiger partial charge in [0.15, 0.2) is 5.13 Å². The predicted octanol–water partition coefficient (Wildman–Crippen LogP) is 4.00. The largest absolute Gasteiger partial charge is 0.508 e. The van der Waals surface area contributed by atoms with E-state index >= 15 is 0 Å². The predicted molar refractivity (Wildman–Crippen MR) is 130 cm³/mol. The highest BCUT2D eigenvalue weighted by Gasteiger charge is 2.24. The van der Waals surface area contributed by atoms with Gasteiger partial charge >= 0.3 is 0 Å². The van der Waals surface area contributed by atoms with E-state index in [0.29, 0.717) is 48.1 Å². The van der Waals surface area contributed by atoms with Gasteiger partial charge in [0.1, 0.15) is 16.4 Å². The summed E-state index contributed by atoms with van der Waals surface area (Å²) in [6.45, 7) is 2.95. The van der Waals surface area contributed by atoms with E-state index < -0.39 is 10.0 Å². The number of methoxy groups -OCH3 is 1. The number of aromatic nitrogens is 1. The Morgan fingerprint density at radius 3 is 2.56 bits per heavy atom. The number of carbonyl (C=O) groups is 1. The highest BCUT2D eigenvalue weighted by atomic mass is 32.2. The van der Waals surface area contributed by atoms with Crippen LogP contribution < -0.4 is 14.8 Å². The number of thiazole rings is 1. The second-order valence-corrected chi connectivity index (χ2v) is 10.5. The molecule has 1 aliphatic heterocycles. The Bertz CT molecular complexity index is 1280. The first-order valence-electron chi connectivity index (χ1n) is 10.6. The van der Waals surface area contributed by atoms with E-state index in [2.05, 4.69) is 15.0 Å². The second kappa shape index (κ2) is 10.00. The number of benzene rings is 2. The summed E-state index contributed by atoms with van der Waals surface area (Å²) in [4.78, 5) is 17.7. The van der Waals surface area contributed by atoms with Crippen LogP contribution in [0.15, 0.2) is 47.4 Å². The fourth-order valence-corrected chi connectivity index (χ4v) is 5.87. The third-order valence-corrected chi connectivity index (χ3v) is 7.98. The second-order valence-electron chi connectivity index (χ2n) is 7.83. The molecule has 2 aromatic carbocycles. The molecule has 1 saturated heterocycles. The molecule has 0 atom stereocenters. The molecule has 4 rings (SSSR count). The lowest BCUT2D eigenvalue weighted by Crippen LogP contribution is -2.28. The van der Waals surface area contributed by atoms with Gasteiger partial charge in [-0.25, -0.2) is 13.4 Å². The summed E-state index contributed by atoms with van der Waals surface area (Å²) in [5.41, 5.74) is 1.61. The van der Waals surface area contributed by atoms with Crippen molar-refractivity contribution in [1.82, 2.24) is 4.98 Å². The van der Waals surface area contributed by atoms with Crippen molar-refractivity contribution in [2.75, 3.05) is 30.4 Å². The van der Waals surface area contributed by atoms with Crippen LogP contribution in [0.25, 0.3) is 10.4 Å². The van der Waals surface area contributed by atoms with Crippen molar-refractivity contribution >= 4 is 38.1 Å². The van der Waals surface area contributed by atoms with E-state index in [1.807, 2.05) is 6.92 Å². The molecule has 1 fully saturated rings. The van der Waals surface area contributed by atoms with E-state index in [9.17, 15) is 18.3 Å². The minimum Gasteiger partial charge on any atom is -0.508 e. The number of rotatable bonds is 7. The lowest BCUT2D eigenvalue weighted by molar-refractivity contribution is -0.122. The van der Waals surface area contributed by atoms with E-state index in [1.165, 1.54) is 48.8 Å². The van der Waals surface area contributed by atoms with Crippen molar-refractivity contribution in [2.45, 2.75) is 24.7 Å². The van der Waals surface area contributed by atoms with Crippen LogP contribution >= 0.6 is 11.3 Å². The molecule has 11 heteroatoms. The van der Waals surface area contributed by atoms with Gasteiger partial charge in [-0.1, -0.05) is 11.3 Å². The molecule has 1 amide bonds. The summed E-state index contributed by atoms with van der Waals surface area (Å²) in [7, 11) is -2.59. The Morgan fingerprint density at radius 1 is 1.18 bits per heavy atom. The number of hydrogen-bond donors (Lipinski definition) is 3. The smallest absolute Gasteiger partial charge is 0.265 e. The van der Waals surface area contributed by atoms with Crippen LogP contribution in [-0.2, 0) is 19.6 Å². The average Bonchev–Trinajstić information content (AvgIpc) is 3.20. The van der Waals surface area contributed by atoms with Gasteiger partial charge < -0.3 is 19.9 Å². The molecule has 3 aromatic rings. The average molecular weight is 504 g/mol. The first kappa shape index (κ1) is 24.0. The Morgan fingerprint density at radius 2 is 1.88 bits per heavy atom. The third kappa shape index (κ3) is 5.32. The Labute approximate surface area is 201 Å². The van der Waals surface area contributed by atoms with Crippen LogP contribution in [0.2, 0.25) is 0 Å². The molecule has 1 aliphatic rings. The number of amides is 1. The molecule has 2 heterocycles. The minimum absolute atomic E-state index is 0.0305. The zero-order valence-electron chi connectivity index (χ0n) is 18.7. The summed E-state index contributed by atoms with van der Waals surface area (Å²) in [6, 6.07) is 10.6. The molecular formula is C23H25N3O6S2. The fraction of sp³-hybridized carbons (Fsp3) is 0.304. The van der Waals surface area contributed by atoms with E-state index in [4.69, 9.17) is 9.47 Å². The highest BCUT2D eigenvalue weighted by molar-refractivity contribution is 7.92. The fourth-order valence-electron chi connectivity index (χ4n) is 3.65. The topological polar surface area (TPSA) is 127 Å². The Balaban J connectivity index is 1.61. The van der Waals surface area contributed by atoms with E-state index in [1.54, 1.807) is 12.1 Å². The van der Waals surface area contributed by atoms with Crippen LogP contribution in [0.5, 0.6) is 11.5 Å². The normalized spacial score (nSPS) is 14.5. The number of nitrogens with one attached hydrogen (secondary N) is 2. The van der Waals surface area contributed by atoms with Crippen molar-refractivity contribution in [3.05, 3.63) is 48.2 Å². The Hall–Kier alpha value is -3.15. The van der Waals surface area contributed by atoms with Crippen molar-refractivity contribution in [3.63, 3.8) is 0 Å². The number of phenols is 1. The summed E-state index contributed by atoms with van der Waals surface area (Å²) in [6.07, 6.45) is 1.35. The van der Waals surface area contributed by atoms with Crippen LogP contribution in [0.4, 0.5) is 10.8 Å². The Kier molecular flexibility index (Phi) is 7.05. The van der Waals surface area contributed by atoms with Gasteiger partial charge in [0, 0.05) is 24.8 Å². The molecule has 0 aliphatic carbocycles. The zero-order chi connectivity index (χ0) is 24.3. The summed E-state index contributed by atoms with van der Waals surface area (Å²) in [5, 5.41) is 12.8. The number of aromatic hydroxyl groups is 1. The molecule has 34 heavy (non-hydrogen) atoms.